The predicted octanol–water partition coefficient (Wildman–Crippen LogP) is 3.68. The Morgan fingerprint density at radius 2 is 1.62 bits per heavy atom. The molecule has 1 atom stereocenters. The van der Waals surface area contributed by atoms with Gasteiger partial charge in [0.05, 0.1) is 18.6 Å². The second-order valence-electron chi connectivity index (χ2n) is 13.7. The Kier molecular flexibility index (Phi) is 9.33. The Hall–Kier alpha value is -4.13. The summed E-state index contributed by atoms with van der Waals surface area (Å²) in [5, 5.41) is 11.4. The summed E-state index contributed by atoms with van der Waals surface area (Å²) < 4.78 is 31.3. The van der Waals surface area contributed by atoms with Crippen LogP contribution in [0, 0.1) is 29.1 Å². The minimum Gasteiger partial charge on any atom is -0.406 e. The van der Waals surface area contributed by atoms with Crippen molar-refractivity contribution >= 4 is 40.5 Å². The molecular weight excluding hydrogens is 631 g/mol. The Morgan fingerprint density at radius 1 is 1.02 bits per heavy atom. The fourth-order valence-electron chi connectivity index (χ4n) is 6.13. The van der Waals surface area contributed by atoms with Crippen molar-refractivity contribution in [2.24, 2.45) is 5.41 Å². The lowest BCUT2D eigenvalue weighted by Crippen LogP contribution is -2.67. The summed E-state index contributed by atoms with van der Waals surface area (Å²) >= 11 is 0. The van der Waals surface area contributed by atoms with Gasteiger partial charge >= 0.3 is 6.03 Å². The summed E-state index contributed by atoms with van der Waals surface area (Å²) in [6.45, 7) is 8.80. The smallest absolute Gasteiger partial charge is 0.328 e. The SMILES string of the molecule is CC(C)(C)[Si](OCC1(C#CC#Cc2cc3n(c2)C(=O)N(CC[C@](C)(C(=O)NO)S(C)(=O)=O)C3)CC1)(c1ccccc1)c1ccccc1. The lowest BCUT2D eigenvalue weighted by Gasteiger charge is -2.43. The molecule has 246 valence electrons. The van der Waals surface area contributed by atoms with E-state index in [1.165, 1.54) is 32.2 Å². The highest BCUT2D eigenvalue weighted by atomic mass is 32.2. The molecule has 1 aromatic heterocycles. The standard InChI is InChI=1S/C36H41N3O6SSi/c1-34(2,3)47(30-15-8-6-9-16-30,31-17-10-7-11-18-31)45-27-36(20-21-36)19-13-12-14-28-24-29-26-38(33(41)39(29)25-28)23-22-35(4,32(40)37-42)46(5,43)44/h6-11,15-18,24-25,42H,20-23,26-27H2,1-5H3,(H,37,40)/t35-/m1/s1. The van der Waals surface area contributed by atoms with Crippen molar-refractivity contribution in [1.29, 1.82) is 0 Å². The number of rotatable bonds is 10. The van der Waals surface area contributed by atoms with E-state index in [1.807, 2.05) is 18.2 Å². The molecule has 11 heteroatoms. The van der Waals surface area contributed by atoms with Crippen LogP contribution >= 0.6 is 0 Å². The van der Waals surface area contributed by atoms with Gasteiger partial charge in [0.1, 0.15) is 0 Å². The lowest BCUT2D eigenvalue weighted by molar-refractivity contribution is -0.131. The zero-order valence-electron chi connectivity index (χ0n) is 27.5. The number of hydrogen-bond donors (Lipinski definition) is 2. The lowest BCUT2D eigenvalue weighted by atomic mass is 10.1. The first kappa shape index (κ1) is 34.2. The molecule has 1 aliphatic heterocycles. The van der Waals surface area contributed by atoms with Crippen molar-refractivity contribution in [3.63, 3.8) is 0 Å². The maximum absolute atomic E-state index is 13.0. The number of sulfone groups is 1. The zero-order chi connectivity index (χ0) is 34.1. The molecule has 0 bridgehead atoms. The van der Waals surface area contributed by atoms with Gasteiger partial charge in [-0.15, -0.1) is 0 Å². The number of hydroxylamine groups is 1. The molecule has 47 heavy (non-hydrogen) atoms. The minimum absolute atomic E-state index is 0.0159. The molecule has 9 nitrogen and oxygen atoms in total. The second-order valence-corrected chi connectivity index (χ2v) is 20.5. The van der Waals surface area contributed by atoms with Crippen LogP contribution in [0.4, 0.5) is 4.79 Å². The van der Waals surface area contributed by atoms with Crippen LogP contribution in [0.25, 0.3) is 0 Å². The molecule has 2 aliphatic rings. The summed E-state index contributed by atoms with van der Waals surface area (Å²) in [5.74, 6) is 11.4. The summed E-state index contributed by atoms with van der Waals surface area (Å²) in [6, 6.07) is 22.6. The first-order valence-electron chi connectivity index (χ1n) is 15.6. The van der Waals surface area contributed by atoms with Crippen LogP contribution in [0.3, 0.4) is 0 Å². The highest BCUT2D eigenvalue weighted by Gasteiger charge is 2.53. The number of nitrogens with one attached hydrogen (secondary N) is 1. The van der Waals surface area contributed by atoms with E-state index in [-0.39, 0.29) is 36.0 Å². The third-order valence-corrected chi connectivity index (χ3v) is 16.4. The van der Waals surface area contributed by atoms with Crippen LogP contribution in [0.2, 0.25) is 5.04 Å². The van der Waals surface area contributed by atoms with E-state index >= 15 is 0 Å². The van der Waals surface area contributed by atoms with Crippen LogP contribution in [0.5, 0.6) is 0 Å². The van der Waals surface area contributed by atoms with Gasteiger partial charge in [0.2, 0.25) is 0 Å². The van der Waals surface area contributed by atoms with E-state index in [4.69, 9.17) is 9.63 Å². The summed E-state index contributed by atoms with van der Waals surface area (Å²) in [7, 11) is -6.53. The van der Waals surface area contributed by atoms with E-state index in [1.54, 1.807) is 6.20 Å². The number of carbonyl (C=O) groups is 2. The average molecular weight is 672 g/mol. The number of hydrogen-bond acceptors (Lipinski definition) is 6. The van der Waals surface area contributed by atoms with Gasteiger partial charge in [0.15, 0.2) is 14.6 Å². The minimum atomic E-state index is -3.86. The Labute approximate surface area is 278 Å². The second kappa shape index (κ2) is 12.8. The molecular formula is C36H41N3O6SSi. The van der Waals surface area contributed by atoms with Gasteiger partial charge < -0.3 is 9.33 Å². The van der Waals surface area contributed by atoms with Crippen molar-refractivity contribution in [2.45, 2.75) is 63.3 Å². The Morgan fingerprint density at radius 3 is 2.11 bits per heavy atom. The molecule has 2 amide bonds. The Balaban J connectivity index is 1.27. The fourth-order valence-corrected chi connectivity index (χ4v) is 11.6. The van der Waals surface area contributed by atoms with Crippen LogP contribution in [0.15, 0.2) is 72.9 Å². The number of nitrogens with zero attached hydrogens (tertiary/aromatic N) is 2. The van der Waals surface area contributed by atoms with Crippen molar-refractivity contribution in [1.82, 2.24) is 14.9 Å². The highest BCUT2D eigenvalue weighted by molar-refractivity contribution is 7.92. The van der Waals surface area contributed by atoms with Gasteiger partial charge in [-0.1, -0.05) is 93.3 Å². The van der Waals surface area contributed by atoms with Gasteiger partial charge in [0.25, 0.3) is 14.2 Å². The first-order valence-corrected chi connectivity index (χ1v) is 19.4. The molecule has 1 fully saturated rings. The summed E-state index contributed by atoms with van der Waals surface area (Å²) in [4.78, 5) is 26.6. The van der Waals surface area contributed by atoms with Gasteiger partial charge in [-0.25, -0.2) is 18.7 Å². The normalized spacial score (nSPS) is 16.6. The molecule has 2 heterocycles. The predicted molar refractivity (Wildman–Crippen MR) is 183 cm³/mol. The number of aromatic nitrogens is 1. The average Bonchev–Trinajstić information content (AvgIpc) is 3.60. The van der Waals surface area contributed by atoms with E-state index in [2.05, 4.69) is 93.0 Å². The molecule has 2 N–H and O–H groups in total. The monoisotopic (exact) mass is 671 g/mol. The van der Waals surface area contributed by atoms with Crippen molar-refractivity contribution < 1.29 is 27.6 Å². The van der Waals surface area contributed by atoms with Gasteiger partial charge in [-0.3, -0.25) is 14.6 Å². The van der Waals surface area contributed by atoms with E-state index in [9.17, 15) is 18.0 Å². The maximum Gasteiger partial charge on any atom is 0.328 e. The van der Waals surface area contributed by atoms with Gasteiger partial charge in [-0.2, -0.15) is 0 Å². The third kappa shape index (κ3) is 6.67. The van der Waals surface area contributed by atoms with Gasteiger partial charge in [-0.05, 0) is 59.5 Å². The number of carbonyl (C=O) groups excluding carboxylic acids is 2. The van der Waals surface area contributed by atoms with Gasteiger partial charge in [0, 0.05) is 30.3 Å². The molecule has 0 radical (unpaired) electrons. The van der Waals surface area contributed by atoms with E-state index < -0.39 is 28.8 Å². The summed E-state index contributed by atoms with van der Waals surface area (Å²) in [5.41, 5.74) is 2.54. The molecule has 5 rings (SSSR count). The molecule has 0 saturated heterocycles. The fraction of sp³-hybridized carbons (Fsp3) is 0.389. The first-order chi connectivity index (χ1) is 22.2. The largest absolute Gasteiger partial charge is 0.406 e. The van der Waals surface area contributed by atoms with Crippen molar-refractivity contribution in [3.8, 4) is 23.7 Å². The number of amides is 2. The quantitative estimate of drug-likeness (QED) is 0.147. The topological polar surface area (TPSA) is 118 Å². The van der Waals surface area contributed by atoms with Crippen molar-refractivity contribution in [2.75, 3.05) is 19.4 Å². The van der Waals surface area contributed by atoms with Crippen LogP contribution in [0.1, 0.15) is 58.2 Å². The van der Waals surface area contributed by atoms with E-state index in [0.29, 0.717) is 17.9 Å². The van der Waals surface area contributed by atoms with Crippen LogP contribution in [-0.4, -0.2) is 67.5 Å². The molecule has 0 spiro atoms. The zero-order valence-corrected chi connectivity index (χ0v) is 29.3. The molecule has 3 aromatic rings. The summed E-state index contributed by atoms with van der Waals surface area (Å²) in [6.07, 6.45) is 4.30. The van der Waals surface area contributed by atoms with Crippen molar-refractivity contribution in [3.05, 3.63) is 84.2 Å². The van der Waals surface area contributed by atoms with E-state index in [0.717, 1.165) is 19.1 Å². The highest BCUT2D eigenvalue weighted by Crippen LogP contribution is 2.47. The third-order valence-electron chi connectivity index (χ3n) is 9.42. The molecule has 2 aromatic carbocycles. The number of fused-ring (bicyclic) bond motifs is 1. The van der Waals surface area contributed by atoms with Crippen LogP contribution < -0.4 is 15.9 Å². The molecule has 1 aliphatic carbocycles. The Bertz CT molecular complexity index is 1850. The molecule has 1 saturated carbocycles. The number of benzene rings is 2. The maximum atomic E-state index is 13.0. The molecule has 0 unspecified atom stereocenters. The van der Waals surface area contributed by atoms with Crippen LogP contribution in [-0.2, 0) is 25.6 Å².